The Balaban J connectivity index is 2.02. The molecule has 0 saturated heterocycles. The third-order valence-electron chi connectivity index (χ3n) is 3.74. The number of carbonyl (C=O) groups is 1. The van der Waals surface area contributed by atoms with E-state index in [-0.39, 0.29) is 5.97 Å². The third-order valence-corrected chi connectivity index (χ3v) is 5.20. The molecule has 0 aliphatic carbocycles. The summed E-state index contributed by atoms with van der Waals surface area (Å²) in [5.41, 5.74) is 2.00. The van der Waals surface area contributed by atoms with E-state index >= 15 is 0 Å². The molecule has 0 radical (unpaired) electrons. The van der Waals surface area contributed by atoms with Gasteiger partial charge in [0, 0.05) is 7.05 Å². The summed E-state index contributed by atoms with van der Waals surface area (Å²) in [6.07, 6.45) is 3.11. The standard InChI is InChI=1S/C14H11ClN6O2S/c1-6-8-12-18-11(9-7(15)4-17-20(9)2)19-21(12)5-16-13(8)24-10(6)14(22)23-3/h4-5H,1-3H3. The van der Waals surface area contributed by atoms with Crippen molar-refractivity contribution in [2.75, 3.05) is 7.11 Å². The summed E-state index contributed by atoms with van der Waals surface area (Å²) in [5.74, 6) is 0.0579. The molecule has 122 valence electrons. The fourth-order valence-corrected chi connectivity index (χ4v) is 3.90. The van der Waals surface area contributed by atoms with Gasteiger partial charge in [0.25, 0.3) is 0 Å². The number of carbonyl (C=O) groups excluding carboxylic acids is 1. The zero-order valence-electron chi connectivity index (χ0n) is 12.9. The summed E-state index contributed by atoms with van der Waals surface area (Å²) in [4.78, 5) is 22.1. The molecule has 4 aromatic heterocycles. The first kappa shape index (κ1) is 15.0. The molecule has 4 rings (SSSR count). The zero-order valence-corrected chi connectivity index (χ0v) is 14.5. The fraction of sp³-hybridized carbons (Fsp3) is 0.214. The monoisotopic (exact) mass is 362 g/mol. The van der Waals surface area contributed by atoms with E-state index in [1.807, 2.05) is 6.92 Å². The fourth-order valence-electron chi connectivity index (χ4n) is 2.58. The molecular weight excluding hydrogens is 352 g/mol. The van der Waals surface area contributed by atoms with Crippen molar-refractivity contribution in [2.24, 2.45) is 7.05 Å². The van der Waals surface area contributed by atoms with E-state index in [1.54, 1.807) is 28.8 Å². The van der Waals surface area contributed by atoms with Crippen LogP contribution in [0.25, 0.3) is 27.4 Å². The smallest absolute Gasteiger partial charge is 0.348 e. The number of aromatic nitrogens is 6. The lowest BCUT2D eigenvalue weighted by Gasteiger charge is -1.96. The number of rotatable bonds is 2. The zero-order chi connectivity index (χ0) is 17.0. The highest BCUT2D eigenvalue weighted by atomic mass is 35.5. The SMILES string of the molecule is COC(=O)c1sc2ncn3nc(-c4c(Cl)cnn4C)nc3c2c1C. The van der Waals surface area contributed by atoms with Crippen LogP contribution in [0, 0.1) is 6.92 Å². The number of ether oxygens (including phenoxy) is 1. The van der Waals surface area contributed by atoms with E-state index in [4.69, 9.17) is 16.3 Å². The van der Waals surface area contributed by atoms with Gasteiger partial charge in [0.2, 0.25) is 5.82 Å². The Hall–Kier alpha value is -2.52. The minimum Gasteiger partial charge on any atom is -0.465 e. The minimum atomic E-state index is -0.386. The highest BCUT2D eigenvalue weighted by Gasteiger charge is 2.22. The number of fused-ring (bicyclic) bond motifs is 3. The van der Waals surface area contributed by atoms with Gasteiger partial charge >= 0.3 is 5.97 Å². The lowest BCUT2D eigenvalue weighted by molar-refractivity contribution is 0.0605. The lowest BCUT2D eigenvalue weighted by Crippen LogP contribution is -1.99. The van der Waals surface area contributed by atoms with Gasteiger partial charge in [-0.3, -0.25) is 4.68 Å². The normalized spacial score (nSPS) is 11.5. The van der Waals surface area contributed by atoms with Crippen LogP contribution in [0.3, 0.4) is 0 Å². The van der Waals surface area contributed by atoms with Crippen molar-refractivity contribution in [3.8, 4) is 11.5 Å². The van der Waals surface area contributed by atoms with Gasteiger partial charge in [-0.1, -0.05) is 11.6 Å². The molecule has 4 heterocycles. The summed E-state index contributed by atoms with van der Waals surface area (Å²) < 4.78 is 8.01. The van der Waals surface area contributed by atoms with Gasteiger partial charge in [0.05, 0.1) is 23.7 Å². The molecule has 0 spiro atoms. The van der Waals surface area contributed by atoms with Crippen LogP contribution < -0.4 is 0 Å². The molecule has 8 nitrogen and oxygen atoms in total. The summed E-state index contributed by atoms with van der Waals surface area (Å²) in [5, 5.41) is 9.78. The van der Waals surface area contributed by atoms with Gasteiger partial charge in [0.1, 0.15) is 21.7 Å². The Kier molecular flexibility index (Phi) is 3.29. The molecule has 0 aliphatic heterocycles. The summed E-state index contributed by atoms with van der Waals surface area (Å²) in [7, 11) is 3.13. The van der Waals surface area contributed by atoms with Crippen LogP contribution in [-0.2, 0) is 11.8 Å². The van der Waals surface area contributed by atoms with Crippen molar-refractivity contribution in [2.45, 2.75) is 6.92 Å². The topological polar surface area (TPSA) is 87.2 Å². The first-order valence-corrected chi connectivity index (χ1v) is 8.11. The molecule has 24 heavy (non-hydrogen) atoms. The van der Waals surface area contributed by atoms with Crippen molar-refractivity contribution in [1.29, 1.82) is 0 Å². The van der Waals surface area contributed by atoms with Crippen molar-refractivity contribution in [1.82, 2.24) is 29.4 Å². The van der Waals surface area contributed by atoms with Crippen molar-refractivity contribution >= 4 is 44.8 Å². The van der Waals surface area contributed by atoms with E-state index < -0.39 is 0 Å². The molecule has 0 bridgehead atoms. The van der Waals surface area contributed by atoms with E-state index in [1.165, 1.54) is 18.4 Å². The number of methoxy groups -OCH3 is 1. The molecule has 0 saturated carbocycles. The van der Waals surface area contributed by atoms with Crippen molar-refractivity contribution < 1.29 is 9.53 Å². The third kappa shape index (κ3) is 2.01. The van der Waals surface area contributed by atoms with Gasteiger partial charge < -0.3 is 4.74 Å². The average molecular weight is 363 g/mol. The average Bonchev–Trinajstić information content (AvgIpc) is 3.22. The first-order chi connectivity index (χ1) is 11.5. The Morgan fingerprint density at radius 3 is 2.88 bits per heavy atom. The number of hydrogen-bond donors (Lipinski definition) is 0. The number of esters is 1. The number of aryl methyl sites for hydroxylation is 2. The first-order valence-electron chi connectivity index (χ1n) is 6.92. The second kappa shape index (κ2) is 5.25. The summed E-state index contributed by atoms with van der Waals surface area (Å²) in [6.45, 7) is 1.85. The maximum atomic E-state index is 11.9. The largest absolute Gasteiger partial charge is 0.465 e. The van der Waals surface area contributed by atoms with Gasteiger partial charge in [-0.2, -0.15) is 5.10 Å². The van der Waals surface area contributed by atoms with Gasteiger partial charge in [-0.25, -0.2) is 19.3 Å². The number of thiophene rings is 1. The lowest BCUT2D eigenvalue weighted by atomic mass is 10.2. The van der Waals surface area contributed by atoms with Crippen LogP contribution in [0.15, 0.2) is 12.5 Å². The van der Waals surface area contributed by atoms with E-state index in [0.717, 1.165) is 10.9 Å². The van der Waals surface area contributed by atoms with Crippen LogP contribution in [0.1, 0.15) is 15.2 Å². The minimum absolute atomic E-state index is 0.386. The second-order valence-corrected chi connectivity index (χ2v) is 6.55. The Morgan fingerprint density at radius 1 is 1.42 bits per heavy atom. The molecule has 0 N–H and O–H groups in total. The van der Waals surface area contributed by atoms with Crippen LogP contribution in [-0.4, -0.2) is 42.4 Å². The van der Waals surface area contributed by atoms with Crippen LogP contribution >= 0.6 is 22.9 Å². The van der Waals surface area contributed by atoms with Crippen molar-refractivity contribution in [3.63, 3.8) is 0 Å². The molecule has 0 fully saturated rings. The van der Waals surface area contributed by atoms with Gasteiger partial charge in [-0.05, 0) is 12.5 Å². The Bertz CT molecular complexity index is 1090. The Morgan fingerprint density at radius 2 is 2.21 bits per heavy atom. The van der Waals surface area contributed by atoms with Gasteiger partial charge in [0.15, 0.2) is 5.65 Å². The van der Waals surface area contributed by atoms with E-state index in [0.29, 0.717) is 31.9 Å². The molecular formula is C14H11ClN6O2S. The maximum absolute atomic E-state index is 11.9. The molecule has 0 aliphatic rings. The number of halogens is 1. The van der Waals surface area contributed by atoms with E-state index in [2.05, 4.69) is 20.2 Å². The molecule has 10 heteroatoms. The molecule has 0 unspecified atom stereocenters. The maximum Gasteiger partial charge on any atom is 0.348 e. The molecule has 4 aromatic rings. The van der Waals surface area contributed by atoms with Crippen LogP contribution in [0.2, 0.25) is 5.02 Å². The predicted octanol–water partition coefficient (Wildman–Crippen LogP) is 2.49. The Labute approximate surface area is 144 Å². The molecule has 0 amide bonds. The van der Waals surface area contributed by atoms with Crippen LogP contribution in [0.5, 0.6) is 0 Å². The predicted molar refractivity (Wildman–Crippen MR) is 89.5 cm³/mol. The van der Waals surface area contributed by atoms with Crippen LogP contribution in [0.4, 0.5) is 0 Å². The highest BCUT2D eigenvalue weighted by Crippen LogP contribution is 2.33. The number of hydrogen-bond acceptors (Lipinski definition) is 7. The van der Waals surface area contributed by atoms with E-state index in [9.17, 15) is 4.79 Å². The highest BCUT2D eigenvalue weighted by molar-refractivity contribution is 7.20. The van der Waals surface area contributed by atoms with Gasteiger partial charge in [-0.15, -0.1) is 16.4 Å². The molecule has 0 aromatic carbocycles. The quantitative estimate of drug-likeness (QED) is 0.509. The second-order valence-electron chi connectivity index (χ2n) is 5.14. The van der Waals surface area contributed by atoms with Crippen molar-refractivity contribution in [3.05, 3.63) is 28.0 Å². The summed E-state index contributed by atoms with van der Waals surface area (Å²) in [6, 6.07) is 0. The number of nitrogens with zero attached hydrogens (tertiary/aromatic N) is 6. The molecule has 0 atom stereocenters. The summed E-state index contributed by atoms with van der Waals surface area (Å²) >= 11 is 7.45.